The van der Waals surface area contributed by atoms with Crippen LogP contribution in [-0.2, 0) is 9.59 Å². The zero-order chi connectivity index (χ0) is 18.8. The molecule has 26 heavy (non-hydrogen) atoms. The number of hydrogen-bond acceptors (Lipinski definition) is 4. The maximum Gasteiger partial charge on any atom is 0.224 e. The molecular weight excluding hydrogens is 330 g/mol. The van der Waals surface area contributed by atoms with Crippen LogP contribution in [0.25, 0.3) is 0 Å². The van der Waals surface area contributed by atoms with Gasteiger partial charge in [-0.2, -0.15) is 0 Å². The summed E-state index contributed by atoms with van der Waals surface area (Å²) in [6.07, 6.45) is 0.168. The van der Waals surface area contributed by atoms with Gasteiger partial charge in [0.15, 0.2) is 5.78 Å². The van der Waals surface area contributed by atoms with Crippen LogP contribution in [0.4, 0.5) is 5.69 Å². The second-order valence-corrected chi connectivity index (χ2v) is 6.50. The monoisotopic (exact) mass is 351 g/mol. The number of carbonyl (C=O) groups is 3. The van der Waals surface area contributed by atoms with Gasteiger partial charge < -0.3 is 14.4 Å². The lowest BCUT2D eigenvalue weighted by Gasteiger charge is -2.30. The summed E-state index contributed by atoms with van der Waals surface area (Å²) in [5.74, 6) is -0.181. The van der Waals surface area contributed by atoms with E-state index in [2.05, 4.69) is 0 Å². The lowest BCUT2D eigenvalue weighted by Crippen LogP contribution is -2.43. The standard InChI is InChI=1S/C21H21NO4/c1-13(23)11-18(15-7-6-8-16(12-15)26-3)20-21(25)17-9-4-5-10-19(17)22(20)14(2)24/h4-10,12,18,20H,11H2,1-3H3/t18-,20+/m0/s1. The highest BCUT2D eigenvalue weighted by Gasteiger charge is 2.44. The van der Waals surface area contributed by atoms with E-state index in [1.165, 1.54) is 18.7 Å². The molecule has 1 aliphatic heterocycles. The van der Waals surface area contributed by atoms with Crippen LogP contribution < -0.4 is 9.64 Å². The normalized spacial score (nSPS) is 17.0. The molecule has 134 valence electrons. The third kappa shape index (κ3) is 3.12. The molecule has 1 heterocycles. The summed E-state index contributed by atoms with van der Waals surface area (Å²) in [6.45, 7) is 2.94. The van der Waals surface area contributed by atoms with Crippen LogP contribution in [0.2, 0.25) is 0 Å². The minimum absolute atomic E-state index is 0.0370. The Balaban J connectivity index is 2.12. The van der Waals surface area contributed by atoms with Crippen molar-refractivity contribution in [2.24, 2.45) is 0 Å². The predicted molar refractivity (Wildman–Crippen MR) is 98.8 cm³/mol. The number of benzene rings is 2. The first-order valence-corrected chi connectivity index (χ1v) is 8.50. The molecule has 0 fully saturated rings. The number of hydrogen-bond donors (Lipinski definition) is 0. The number of nitrogens with zero attached hydrogens (tertiary/aromatic N) is 1. The summed E-state index contributed by atoms with van der Waals surface area (Å²) in [6, 6.07) is 13.7. The van der Waals surface area contributed by atoms with Crippen LogP contribution in [0.1, 0.15) is 42.1 Å². The Kier molecular flexibility index (Phi) is 4.89. The van der Waals surface area contributed by atoms with Crippen LogP contribution >= 0.6 is 0 Å². The Morgan fingerprint density at radius 1 is 1.12 bits per heavy atom. The summed E-state index contributed by atoms with van der Waals surface area (Å²) in [5.41, 5.74) is 1.92. The molecule has 0 saturated heterocycles. The average molecular weight is 351 g/mol. The first-order chi connectivity index (χ1) is 12.4. The largest absolute Gasteiger partial charge is 0.497 e. The number of Topliss-reactive ketones (excluding diaryl/α,β-unsaturated/α-hetero) is 2. The number of amides is 1. The highest BCUT2D eigenvalue weighted by atomic mass is 16.5. The van der Waals surface area contributed by atoms with Crippen LogP contribution in [0.5, 0.6) is 5.75 Å². The van der Waals surface area contributed by atoms with Crippen molar-refractivity contribution in [2.45, 2.75) is 32.2 Å². The fourth-order valence-electron chi connectivity index (χ4n) is 3.64. The Hall–Kier alpha value is -2.95. The lowest BCUT2D eigenvalue weighted by molar-refractivity contribution is -0.119. The van der Waals surface area contributed by atoms with Gasteiger partial charge in [-0.05, 0) is 36.8 Å². The molecule has 0 bridgehead atoms. The van der Waals surface area contributed by atoms with Crippen LogP contribution in [0.3, 0.4) is 0 Å². The summed E-state index contributed by atoms with van der Waals surface area (Å²) in [7, 11) is 1.57. The molecule has 0 N–H and O–H groups in total. The number of ketones is 2. The van der Waals surface area contributed by atoms with E-state index >= 15 is 0 Å². The quantitative estimate of drug-likeness (QED) is 0.828. The van der Waals surface area contributed by atoms with Gasteiger partial charge in [-0.1, -0.05) is 24.3 Å². The molecule has 1 amide bonds. The molecule has 0 spiro atoms. The van der Waals surface area contributed by atoms with Gasteiger partial charge in [0.2, 0.25) is 5.91 Å². The second-order valence-electron chi connectivity index (χ2n) is 6.50. The fraction of sp³-hybridized carbons (Fsp3) is 0.286. The van der Waals surface area contributed by atoms with Crippen molar-refractivity contribution in [1.29, 1.82) is 0 Å². The Labute approximate surface area is 152 Å². The maximum atomic E-state index is 13.1. The number of ether oxygens (including phenoxy) is 1. The van der Waals surface area contributed by atoms with Crippen molar-refractivity contribution in [1.82, 2.24) is 0 Å². The molecule has 2 aromatic carbocycles. The number of fused-ring (bicyclic) bond motifs is 1. The highest BCUT2D eigenvalue weighted by molar-refractivity contribution is 6.18. The molecule has 0 radical (unpaired) electrons. The van der Waals surface area contributed by atoms with Crippen molar-refractivity contribution >= 4 is 23.2 Å². The molecule has 1 aliphatic rings. The van der Waals surface area contributed by atoms with Gasteiger partial charge in [0, 0.05) is 24.8 Å². The zero-order valence-corrected chi connectivity index (χ0v) is 15.1. The SMILES string of the molecule is COc1cccc([C@H](CC(C)=O)[C@@H]2C(=O)c3ccccc3N2C(C)=O)c1. The number of para-hydroxylation sites is 1. The van der Waals surface area contributed by atoms with E-state index in [9.17, 15) is 14.4 Å². The van der Waals surface area contributed by atoms with Crippen LogP contribution in [-0.4, -0.2) is 30.6 Å². The van der Waals surface area contributed by atoms with Gasteiger partial charge in [-0.3, -0.25) is 9.59 Å². The number of anilines is 1. The first-order valence-electron chi connectivity index (χ1n) is 8.50. The van der Waals surface area contributed by atoms with E-state index < -0.39 is 12.0 Å². The van der Waals surface area contributed by atoms with Crippen molar-refractivity contribution in [3.63, 3.8) is 0 Å². The average Bonchev–Trinajstić information content (AvgIpc) is 2.92. The van der Waals surface area contributed by atoms with Crippen molar-refractivity contribution in [3.8, 4) is 5.75 Å². The van der Waals surface area contributed by atoms with Gasteiger partial charge in [-0.25, -0.2) is 0 Å². The third-order valence-corrected chi connectivity index (χ3v) is 4.73. The molecule has 3 rings (SSSR count). The molecule has 5 heteroatoms. The topological polar surface area (TPSA) is 63.7 Å². The minimum Gasteiger partial charge on any atom is -0.497 e. The fourth-order valence-corrected chi connectivity index (χ4v) is 3.64. The lowest BCUT2D eigenvalue weighted by atomic mass is 9.84. The highest BCUT2D eigenvalue weighted by Crippen LogP contribution is 2.40. The van der Waals surface area contributed by atoms with Gasteiger partial charge in [0.05, 0.1) is 12.8 Å². The Bertz CT molecular complexity index is 874. The van der Waals surface area contributed by atoms with E-state index in [-0.39, 0.29) is 23.9 Å². The van der Waals surface area contributed by atoms with E-state index in [1.807, 2.05) is 24.3 Å². The van der Waals surface area contributed by atoms with E-state index in [1.54, 1.807) is 31.4 Å². The maximum absolute atomic E-state index is 13.1. The molecule has 0 saturated carbocycles. The Morgan fingerprint density at radius 3 is 2.50 bits per heavy atom. The molecule has 0 aromatic heterocycles. The van der Waals surface area contributed by atoms with Gasteiger partial charge in [0.1, 0.15) is 17.6 Å². The predicted octanol–water partition coefficient (Wildman–Crippen LogP) is 3.38. The first kappa shape index (κ1) is 17.9. The molecule has 2 atom stereocenters. The molecule has 0 aliphatic carbocycles. The zero-order valence-electron chi connectivity index (χ0n) is 15.1. The van der Waals surface area contributed by atoms with Gasteiger partial charge in [-0.15, -0.1) is 0 Å². The second kappa shape index (κ2) is 7.12. The number of methoxy groups -OCH3 is 1. The van der Waals surface area contributed by atoms with E-state index in [0.29, 0.717) is 17.0 Å². The molecule has 5 nitrogen and oxygen atoms in total. The van der Waals surface area contributed by atoms with E-state index in [4.69, 9.17) is 4.74 Å². The number of carbonyl (C=O) groups excluding carboxylic acids is 3. The summed E-state index contributed by atoms with van der Waals surface area (Å²) >= 11 is 0. The van der Waals surface area contributed by atoms with Gasteiger partial charge in [0.25, 0.3) is 0 Å². The van der Waals surface area contributed by atoms with Crippen molar-refractivity contribution < 1.29 is 19.1 Å². The smallest absolute Gasteiger partial charge is 0.224 e. The van der Waals surface area contributed by atoms with Crippen molar-refractivity contribution in [3.05, 3.63) is 59.7 Å². The minimum atomic E-state index is -0.735. The van der Waals surface area contributed by atoms with Gasteiger partial charge >= 0.3 is 0 Å². The summed E-state index contributed by atoms with van der Waals surface area (Å²) in [5, 5.41) is 0. The van der Waals surface area contributed by atoms with E-state index in [0.717, 1.165) is 5.56 Å². The molecule has 2 aromatic rings. The summed E-state index contributed by atoms with van der Waals surface area (Å²) in [4.78, 5) is 39.0. The number of rotatable bonds is 5. The van der Waals surface area contributed by atoms with Crippen molar-refractivity contribution in [2.75, 3.05) is 12.0 Å². The molecule has 0 unspecified atom stereocenters. The Morgan fingerprint density at radius 2 is 1.85 bits per heavy atom. The molecular formula is C21H21NO4. The van der Waals surface area contributed by atoms with Crippen LogP contribution in [0, 0.1) is 0 Å². The third-order valence-electron chi connectivity index (χ3n) is 4.73. The van der Waals surface area contributed by atoms with Crippen LogP contribution in [0.15, 0.2) is 48.5 Å². The summed E-state index contributed by atoms with van der Waals surface area (Å²) < 4.78 is 5.29.